The molecule has 168 valence electrons. The van der Waals surface area contributed by atoms with E-state index in [4.69, 9.17) is 0 Å². The van der Waals surface area contributed by atoms with Gasteiger partial charge in [-0.2, -0.15) is 0 Å². The van der Waals surface area contributed by atoms with Gasteiger partial charge in [0.25, 0.3) is 0 Å². The average molecular weight is 442 g/mol. The Balaban J connectivity index is 1.34. The second-order valence-electron chi connectivity index (χ2n) is 8.38. The van der Waals surface area contributed by atoms with Gasteiger partial charge in [-0.05, 0) is 79.5 Å². The number of pyridine rings is 1. The quantitative estimate of drug-likeness (QED) is 0.479. The predicted octanol–water partition coefficient (Wildman–Crippen LogP) is 6.68. The van der Waals surface area contributed by atoms with Gasteiger partial charge in [0.05, 0.1) is 5.52 Å². The van der Waals surface area contributed by atoms with Gasteiger partial charge < -0.3 is 10.1 Å². The third-order valence-corrected chi connectivity index (χ3v) is 6.37. The molecule has 1 aromatic heterocycles. The van der Waals surface area contributed by atoms with Crippen LogP contribution in [0.5, 0.6) is 5.75 Å². The molecule has 1 aliphatic carbocycles. The zero-order valence-electron chi connectivity index (χ0n) is 17.7. The number of hydrogen-bond donors (Lipinski definition) is 1. The monoisotopic (exact) mass is 442 g/mol. The van der Waals surface area contributed by atoms with Crippen molar-refractivity contribution < 1.29 is 22.7 Å². The molecule has 3 aromatic rings. The fourth-order valence-corrected chi connectivity index (χ4v) is 4.61. The molecule has 0 spiro atoms. The van der Waals surface area contributed by atoms with E-state index in [2.05, 4.69) is 27.2 Å². The highest BCUT2D eigenvalue weighted by Gasteiger charge is 2.32. The molecule has 1 heterocycles. The first-order valence-corrected chi connectivity index (χ1v) is 10.8. The molecule has 7 heteroatoms. The number of halogens is 3. The van der Waals surface area contributed by atoms with E-state index in [1.54, 1.807) is 0 Å². The van der Waals surface area contributed by atoms with Crippen molar-refractivity contribution in [3.8, 4) is 5.75 Å². The number of carbonyl (C=O) groups is 1. The number of anilines is 1. The van der Waals surface area contributed by atoms with E-state index in [1.165, 1.54) is 35.2 Å². The Hall–Kier alpha value is -3.09. The van der Waals surface area contributed by atoms with E-state index in [0.29, 0.717) is 11.6 Å². The number of fused-ring (bicyclic) bond motifs is 1. The van der Waals surface area contributed by atoms with Gasteiger partial charge in [0.1, 0.15) is 5.75 Å². The topological polar surface area (TPSA) is 51.2 Å². The van der Waals surface area contributed by atoms with E-state index in [0.717, 1.165) is 31.2 Å². The summed E-state index contributed by atoms with van der Waals surface area (Å²) in [6.45, 7) is 1.92. The Morgan fingerprint density at radius 3 is 2.41 bits per heavy atom. The van der Waals surface area contributed by atoms with Gasteiger partial charge in [0.15, 0.2) is 0 Å². The standard InChI is InChI=1S/C25H25F3N2O2/c1-16(24(31)30-19-10-12-20(13-11-19)32-25(26,27)28)17-6-8-18(9-7-17)21-14-15-29-23-5-3-2-4-22(21)23/h2-5,10-18H,6-9H2,1H3,(H,30,31)/t16-,17-,18-/m1/s1. The third-order valence-electron chi connectivity index (χ3n) is 6.37. The number of amides is 1. The highest BCUT2D eigenvalue weighted by molar-refractivity contribution is 5.92. The first kappa shape index (κ1) is 22.1. The summed E-state index contributed by atoms with van der Waals surface area (Å²) in [6, 6.07) is 15.5. The van der Waals surface area contributed by atoms with Crippen molar-refractivity contribution in [1.82, 2.24) is 4.98 Å². The molecule has 0 radical (unpaired) electrons. The Morgan fingerprint density at radius 1 is 1.03 bits per heavy atom. The minimum Gasteiger partial charge on any atom is -0.406 e. The van der Waals surface area contributed by atoms with Crippen LogP contribution in [0.4, 0.5) is 18.9 Å². The van der Waals surface area contributed by atoms with E-state index in [9.17, 15) is 18.0 Å². The van der Waals surface area contributed by atoms with Gasteiger partial charge in [-0.25, -0.2) is 0 Å². The van der Waals surface area contributed by atoms with Crippen molar-refractivity contribution in [3.05, 3.63) is 66.4 Å². The molecule has 1 saturated carbocycles. The Morgan fingerprint density at radius 2 is 1.72 bits per heavy atom. The number of ether oxygens (including phenoxy) is 1. The summed E-state index contributed by atoms with van der Waals surface area (Å²) in [6.07, 6.45) is 1.06. The first-order valence-electron chi connectivity index (χ1n) is 10.8. The molecular formula is C25H25F3N2O2. The maximum atomic E-state index is 12.7. The average Bonchev–Trinajstić information content (AvgIpc) is 2.78. The number of para-hydroxylation sites is 1. The molecule has 1 amide bonds. The van der Waals surface area contributed by atoms with Crippen molar-refractivity contribution in [2.24, 2.45) is 11.8 Å². The van der Waals surface area contributed by atoms with Crippen LogP contribution in [-0.2, 0) is 4.79 Å². The second-order valence-corrected chi connectivity index (χ2v) is 8.38. The molecule has 4 nitrogen and oxygen atoms in total. The molecule has 4 rings (SSSR count). The van der Waals surface area contributed by atoms with Crippen LogP contribution in [-0.4, -0.2) is 17.3 Å². The van der Waals surface area contributed by atoms with Gasteiger partial charge in [-0.3, -0.25) is 9.78 Å². The van der Waals surface area contributed by atoms with Crippen LogP contribution >= 0.6 is 0 Å². The molecule has 2 aromatic carbocycles. The van der Waals surface area contributed by atoms with Crippen molar-refractivity contribution >= 4 is 22.5 Å². The number of aromatic nitrogens is 1. The maximum absolute atomic E-state index is 12.7. The minimum atomic E-state index is -4.74. The summed E-state index contributed by atoms with van der Waals surface area (Å²) in [4.78, 5) is 17.2. The number of rotatable bonds is 5. The fourth-order valence-electron chi connectivity index (χ4n) is 4.61. The van der Waals surface area contributed by atoms with E-state index < -0.39 is 6.36 Å². The zero-order valence-corrected chi connectivity index (χ0v) is 17.7. The normalized spacial score (nSPS) is 20.0. The number of nitrogens with one attached hydrogen (secondary N) is 1. The molecule has 0 aliphatic heterocycles. The summed E-state index contributed by atoms with van der Waals surface area (Å²) in [5.74, 6) is 0.108. The number of alkyl halides is 3. The third kappa shape index (κ3) is 5.21. The number of benzene rings is 2. The van der Waals surface area contributed by atoms with Crippen molar-refractivity contribution in [1.29, 1.82) is 0 Å². The molecule has 0 bridgehead atoms. The summed E-state index contributed by atoms with van der Waals surface area (Å²) >= 11 is 0. The van der Waals surface area contributed by atoms with E-state index in [-0.39, 0.29) is 23.5 Å². The molecule has 0 unspecified atom stereocenters. The van der Waals surface area contributed by atoms with E-state index >= 15 is 0 Å². The smallest absolute Gasteiger partial charge is 0.406 e. The fraction of sp³-hybridized carbons (Fsp3) is 0.360. The van der Waals surface area contributed by atoms with Crippen LogP contribution in [0.15, 0.2) is 60.8 Å². The molecule has 1 aliphatic rings. The molecule has 0 saturated heterocycles. The Kier molecular flexibility index (Phi) is 6.35. The number of nitrogens with zero attached hydrogens (tertiary/aromatic N) is 1. The lowest BCUT2D eigenvalue weighted by Crippen LogP contribution is -2.29. The number of hydrogen-bond acceptors (Lipinski definition) is 3. The van der Waals surface area contributed by atoms with Crippen LogP contribution < -0.4 is 10.1 Å². The van der Waals surface area contributed by atoms with Crippen LogP contribution in [0.1, 0.15) is 44.1 Å². The predicted molar refractivity (Wildman–Crippen MR) is 117 cm³/mol. The van der Waals surface area contributed by atoms with Crippen LogP contribution in [0, 0.1) is 11.8 Å². The summed E-state index contributed by atoms with van der Waals surface area (Å²) < 4.78 is 40.7. The van der Waals surface area contributed by atoms with Gasteiger partial charge in [0, 0.05) is 23.2 Å². The molecule has 32 heavy (non-hydrogen) atoms. The molecular weight excluding hydrogens is 417 g/mol. The molecule has 1 N–H and O–H groups in total. The van der Waals surface area contributed by atoms with Crippen LogP contribution in [0.2, 0.25) is 0 Å². The largest absolute Gasteiger partial charge is 0.573 e. The van der Waals surface area contributed by atoms with Crippen molar-refractivity contribution in [2.45, 2.75) is 44.9 Å². The molecule has 1 atom stereocenters. The van der Waals surface area contributed by atoms with Crippen LogP contribution in [0.25, 0.3) is 10.9 Å². The van der Waals surface area contributed by atoms with E-state index in [1.807, 2.05) is 31.3 Å². The van der Waals surface area contributed by atoms with Gasteiger partial charge >= 0.3 is 6.36 Å². The lowest BCUT2D eigenvalue weighted by molar-refractivity contribution is -0.274. The lowest BCUT2D eigenvalue weighted by atomic mass is 9.73. The Labute approximate surface area is 184 Å². The SMILES string of the molecule is C[C@@H](C(=O)Nc1ccc(OC(F)(F)F)cc1)[C@H]1CC[C@H](c2ccnc3ccccc32)CC1. The Bertz CT molecular complexity index is 1070. The van der Waals surface area contributed by atoms with Crippen molar-refractivity contribution in [3.63, 3.8) is 0 Å². The highest BCUT2D eigenvalue weighted by Crippen LogP contribution is 2.40. The second kappa shape index (κ2) is 9.18. The van der Waals surface area contributed by atoms with Gasteiger partial charge in [-0.1, -0.05) is 25.1 Å². The lowest BCUT2D eigenvalue weighted by Gasteiger charge is -2.32. The van der Waals surface area contributed by atoms with Crippen LogP contribution in [0.3, 0.4) is 0 Å². The first-order chi connectivity index (χ1) is 15.3. The summed E-state index contributed by atoms with van der Waals surface area (Å²) in [5.41, 5.74) is 2.78. The zero-order chi connectivity index (χ0) is 22.7. The summed E-state index contributed by atoms with van der Waals surface area (Å²) in [5, 5.41) is 4.01. The maximum Gasteiger partial charge on any atom is 0.573 e. The molecule has 1 fully saturated rings. The number of carbonyl (C=O) groups excluding carboxylic acids is 1. The highest BCUT2D eigenvalue weighted by atomic mass is 19.4. The van der Waals surface area contributed by atoms with Gasteiger partial charge in [0.2, 0.25) is 5.91 Å². The summed E-state index contributed by atoms with van der Waals surface area (Å²) in [7, 11) is 0. The van der Waals surface area contributed by atoms with Gasteiger partial charge in [-0.15, -0.1) is 13.2 Å². The minimum absolute atomic E-state index is 0.118. The van der Waals surface area contributed by atoms with Crippen molar-refractivity contribution in [2.75, 3.05) is 5.32 Å².